The Morgan fingerprint density at radius 1 is 0.793 bits per heavy atom. The number of ether oxygens (including phenoxy) is 1. The van der Waals surface area contributed by atoms with Gasteiger partial charge in [-0.25, -0.2) is 0 Å². The predicted molar refractivity (Wildman–Crippen MR) is 114 cm³/mol. The summed E-state index contributed by atoms with van der Waals surface area (Å²) in [5, 5.41) is 5.74. The molecule has 0 fully saturated rings. The Balaban J connectivity index is 1.74. The number of carbonyl (C=O) groups excluding carboxylic acids is 2. The van der Waals surface area contributed by atoms with Gasteiger partial charge >= 0.3 is 0 Å². The molecule has 29 heavy (non-hydrogen) atoms. The van der Waals surface area contributed by atoms with Crippen molar-refractivity contribution in [3.63, 3.8) is 0 Å². The smallest absolute Gasteiger partial charge is 0.259 e. The van der Waals surface area contributed by atoms with Crippen LogP contribution < -0.4 is 15.4 Å². The molecule has 0 aliphatic rings. The van der Waals surface area contributed by atoms with E-state index < -0.39 is 0 Å². The summed E-state index contributed by atoms with van der Waals surface area (Å²) in [4.78, 5) is 25.5. The maximum absolute atomic E-state index is 12.8. The van der Waals surface area contributed by atoms with E-state index in [4.69, 9.17) is 4.74 Å². The van der Waals surface area contributed by atoms with Gasteiger partial charge in [0.2, 0.25) is 0 Å². The maximum Gasteiger partial charge on any atom is 0.259 e. The van der Waals surface area contributed by atoms with Gasteiger partial charge in [-0.15, -0.1) is 0 Å². The Labute approximate surface area is 170 Å². The molecule has 0 atom stereocenters. The average Bonchev–Trinajstić information content (AvgIpc) is 2.77. The summed E-state index contributed by atoms with van der Waals surface area (Å²) in [6.07, 6.45) is 0.848. The summed E-state index contributed by atoms with van der Waals surface area (Å²) in [6, 6.07) is 23.7. The van der Waals surface area contributed by atoms with E-state index in [9.17, 15) is 9.59 Å². The predicted octanol–water partition coefficient (Wildman–Crippen LogP) is 4.66. The third-order valence-electron chi connectivity index (χ3n) is 4.31. The molecule has 5 nitrogen and oxygen atoms in total. The number of anilines is 1. The van der Waals surface area contributed by atoms with Crippen LogP contribution in [0.25, 0.3) is 0 Å². The van der Waals surface area contributed by atoms with Gasteiger partial charge in [0, 0.05) is 6.54 Å². The second kappa shape index (κ2) is 10.1. The number of rotatable bonds is 8. The van der Waals surface area contributed by atoms with Gasteiger partial charge in [-0.3, -0.25) is 9.59 Å². The monoisotopic (exact) mass is 388 g/mol. The van der Waals surface area contributed by atoms with Gasteiger partial charge in [-0.05, 0) is 36.2 Å². The van der Waals surface area contributed by atoms with Crippen molar-refractivity contribution in [3.8, 4) is 5.75 Å². The molecular formula is C24H24N2O3. The van der Waals surface area contributed by atoms with Crippen molar-refractivity contribution in [2.75, 3.05) is 11.9 Å². The second-order valence-corrected chi connectivity index (χ2v) is 6.51. The molecule has 0 spiro atoms. The summed E-state index contributed by atoms with van der Waals surface area (Å²) in [7, 11) is 0. The number of nitrogens with one attached hydrogen (secondary N) is 2. The molecule has 5 heteroatoms. The number of para-hydroxylation sites is 2. The summed E-state index contributed by atoms with van der Waals surface area (Å²) in [5.74, 6) is -0.0434. The molecule has 0 saturated heterocycles. The summed E-state index contributed by atoms with van der Waals surface area (Å²) < 4.78 is 5.67. The van der Waals surface area contributed by atoms with E-state index in [1.54, 1.807) is 42.5 Å². The highest BCUT2D eigenvalue weighted by atomic mass is 16.5. The molecule has 0 aromatic heterocycles. The van der Waals surface area contributed by atoms with Gasteiger partial charge < -0.3 is 15.4 Å². The fraction of sp³-hybridized carbons (Fsp3) is 0.167. The zero-order chi connectivity index (χ0) is 20.5. The Kier molecular flexibility index (Phi) is 7.00. The lowest BCUT2D eigenvalue weighted by Crippen LogP contribution is -2.25. The van der Waals surface area contributed by atoms with Crippen LogP contribution in [0.15, 0.2) is 78.9 Å². The highest BCUT2D eigenvalue weighted by Gasteiger charge is 2.16. The molecule has 0 heterocycles. The molecule has 3 rings (SSSR count). The van der Waals surface area contributed by atoms with E-state index >= 15 is 0 Å². The van der Waals surface area contributed by atoms with E-state index in [0.717, 1.165) is 12.0 Å². The van der Waals surface area contributed by atoms with E-state index in [1.807, 2.05) is 43.3 Å². The Hall–Kier alpha value is -3.60. The van der Waals surface area contributed by atoms with E-state index in [-0.39, 0.29) is 11.8 Å². The van der Waals surface area contributed by atoms with E-state index in [1.165, 1.54) is 0 Å². The fourth-order valence-corrected chi connectivity index (χ4v) is 2.85. The van der Waals surface area contributed by atoms with E-state index in [2.05, 4.69) is 10.6 Å². The number of carbonyl (C=O) groups is 2. The molecule has 0 aliphatic carbocycles. The normalized spacial score (nSPS) is 10.2. The summed E-state index contributed by atoms with van der Waals surface area (Å²) in [6.45, 7) is 2.95. The van der Waals surface area contributed by atoms with Crippen LogP contribution in [0.5, 0.6) is 5.75 Å². The molecule has 0 bridgehead atoms. The first kappa shape index (κ1) is 20.1. The van der Waals surface area contributed by atoms with Crippen LogP contribution in [0, 0.1) is 0 Å². The average molecular weight is 388 g/mol. The van der Waals surface area contributed by atoms with Gasteiger partial charge in [0.1, 0.15) is 5.75 Å². The van der Waals surface area contributed by atoms with Crippen molar-refractivity contribution in [2.24, 2.45) is 0 Å². The van der Waals surface area contributed by atoms with Crippen LogP contribution in [0.2, 0.25) is 0 Å². The largest absolute Gasteiger partial charge is 0.493 e. The molecule has 2 amide bonds. The third-order valence-corrected chi connectivity index (χ3v) is 4.31. The molecule has 0 radical (unpaired) electrons. The summed E-state index contributed by atoms with van der Waals surface area (Å²) in [5.41, 5.74) is 2.29. The van der Waals surface area contributed by atoms with Crippen LogP contribution >= 0.6 is 0 Å². The topological polar surface area (TPSA) is 67.4 Å². The molecule has 0 aliphatic heterocycles. The van der Waals surface area contributed by atoms with Crippen molar-refractivity contribution in [3.05, 3.63) is 95.6 Å². The zero-order valence-electron chi connectivity index (χ0n) is 16.4. The van der Waals surface area contributed by atoms with Crippen molar-refractivity contribution in [1.82, 2.24) is 5.32 Å². The van der Waals surface area contributed by atoms with Gasteiger partial charge in [0.15, 0.2) is 0 Å². The van der Waals surface area contributed by atoms with Crippen LogP contribution in [0.1, 0.15) is 39.6 Å². The molecule has 0 saturated carbocycles. The Bertz CT molecular complexity index is 971. The fourth-order valence-electron chi connectivity index (χ4n) is 2.85. The number of hydrogen-bond donors (Lipinski definition) is 2. The number of amides is 2. The number of hydrogen-bond acceptors (Lipinski definition) is 3. The van der Waals surface area contributed by atoms with Gasteiger partial charge in [-0.1, -0.05) is 61.5 Å². The summed E-state index contributed by atoms with van der Waals surface area (Å²) >= 11 is 0. The molecule has 2 N–H and O–H groups in total. The van der Waals surface area contributed by atoms with Crippen LogP contribution in [-0.4, -0.2) is 18.4 Å². The molecule has 0 unspecified atom stereocenters. The SMILES string of the molecule is CCCOc1ccccc1C(=O)Nc1ccccc1C(=O)NCc1ccccc1. The lowest BCUT2D eigenvalue weighted by molar-refractivity contribution is 0.0952. The van der Waals surface area contributed by atoms with Crippen molar-refractivity contribution in [2.45, 2.75) is 19.9 Å². The zero-order valence-corrected chi connectivity index (χ0v) is 16.4. The maximum atomic E-state index is 12.8. The van der Waals surface area contributed by atoms with Crippen LogP contribution in [0.3, 0.4) is 0 Å². The van der Waals surface area contributed by atoms with Crippen LogP contribution in [0.4, 0.5) is 5.69 Å². The molecule has 3 aromatic carbocycles. The standard InChI is InChI=1S/C24H24N2O3/c1-2-16-29-22-15-9-7-13-20(22)24(28)26-21-14-8-6-12-19(21)23(27)25-17-18-10-4-3-5-11-18/h3-15H,2,16-17H2,1H3,(H,25,27)(H,26,28). The van der Waals surface area contributed by atoms with Crippen LogP contribution in [-0.2, 0) is 6.54 Å². The molecular weight excluding hydrogens is 364 g/mol. The lowest BCUT2D eigenvalue weighted by Gasteiger charge is -2.14. The molecule has 3 aromatic rings. The first-order chi connectivity index (χ1) is 14.2. The van der Waals surface area contributed by atoms with Gasteiger partial charge in [-0.2, -0.15) is 0 Å². The lowest BCUT2D eigenvalue weighted by atomic mass is 10.1. The van der Waals surface area contributed by atoms with Gasteiger partial charge in [0.25, 0.3) is 11.8 Å². The van der Waals surface area contributed by atoms with Crippen molar-refractivity contribution < 1.29 is 14.3 Å². The minimum Gasteiger partial charge on any atom is -0.493 e. The minimum absolute atomic E-state index is 0.250. The Morgan fingerprint density at radius 3 is 2.21 bits per heavy atom. The molecule has 148 valence electrons. The quantitative estimate of drug-likeness (QED) is 0.590. The van der Waals surface area contributed by atoms with Gasteiger partial charge in [0.05, 0.1) is 23.4 Å². The minimum atomic E-state index is -0.319. The highest BCUT2D eigenvalue weighted by molar-refractivity contribution is 6.10. The first-order valence-corrected chi connectivity index (χ1v) is 9.63. The Morgan fingerprint density at radius 2 is 1.45 bits per heavy atom. The first-order valence-electron chi connectivity index (χ1n) is 9.63. The number of benzene rings is 3. The second-order valence-electron chi connectivity index (χ2n) is 6.51. The van der Waals surface area contributed by atoms with Crippen molar-refractivity contribution >= 4 is 17.5 Å². The van der Waals surface area contributed by atoms with E-state index in [0.29, 0.717) is 35.7 Å². The highest BCUT2D eigenvalue weighted by Crippen LogP contribution is 2.22. The third kappa shape index (κ3) is 5.45. The van der Waals surface area contributed by atoms with Crippen molar-refractivity contribution in [1.29, 1.82) is 0 Å².